The summed E-state index contributed by atoms with van der Waals surface area (Å²) in [6.45, 7) is 3.78. The quantitative estimate of drug-likeness (QED) is 0.464. The molecule has 3 N–H and O–H groups in total. The number of H-pyrrole nitrogens is 1. The minimum Gasteiger partial charge on any atom is -0.383 e. The van der Waals surface area contributed by atoms with Crippen molar-refractivity contribution in [2.24, 2.45) is 16.6 Å². The fourth-order valence-electron chi connectivity index (χ4n) is 4.45. The Hall–Kier alpha value is -1.53. The standard InChI is InChI=1S/C20H22N4S.2ClH/c21-20(19-2-1-9-25-19)23-14-3-4-15-16(11-22-18(15)10-14)17-12-24-7-5-13(17)6-8-24;;/h1-4,9-11,13,17,22H,5-8,12H2,(H2,21,23);2*1H/t17-;;/m0../s1. The first-order valence-electron chi connectivity index (χ1n) is 8.99. The summed E-state index contributed by atoms with van der Waals surface area (Å²) in [5.41, 5.74) is 9.66. The number of aliphatic imine (C=N–C) groups is 1. The predicted octanol–water partition coefficient (Wildman–Crippen LogP) is 4.92. The van der Waals surface area contributed by atoms with Gasteiger partial charge in [0.2, 0.25) is 0 Å². The van der Waals surface area contributed by atoms with Crippen molar-refractivity contribution in [3.63, 3.8) is 0 Å². The molecule has 7 heteroatoms. The number of halogens is 2. The Balaban J connectivity index is 0.00000105. The molecule has 0 aliphatic carbocycles. The van der Waals surface area contributed by atoms with E-state index in [4.69, 9.17) is 5.73 Å². The number of benzene rings is 1. The number of hydrogen-bond acceptors (Lipinski definition) is 3. The van der Waals surface area contributed by atoms with Crippen LogP contribution >= 0.6 is 36.2 Å². The molecule has 2 bridgehead atoms. The summed E-state index contributed by atoms with van der Waals surface area (Å²) in [6, 6.07) is 10.4. The molecule has 3 fully saturated rings. The van der Waals surface area contributed by atoms with Crippen LogP contribution in [0.3, 0.4) is 0 Å². The van der Waals surface area contributed by atoms with Gasteiger partial charge in [0, 0.05) is 29.6 Å². The molecular formula is C20H24Cl2N4S. The lowest BCUT2D eigenvalue weighted by Gasteiger charge is -2.44. The number of piperidine rings is 3. The number of aromatic nitrogens is 1. The molecule has 3 saturated heterocycles. The predicted molar refractivity (Wildman–Crippen MR) is 119 cm³/mol. The number of aromatic amines is 1. The minimum atomic E-state index is 0. The Morgan fingerprint density at radius 2 is 2.00 bits per heavy atom. The van der Waals surface area contributed by atoms with Crippen molar-refractivity contribution in [3.05, 3.63) is 52.3 Å². The molecule has 5 heterocycles. The van der Waals surface area contributed by atoms with Crippen molar-refractivity contribution in [1.29, 1.82) is 0 Å². The zero-order valence-corrected chi connectivity index (χ0v) is 17.4. The van der Waals surface area contributed by atoms with Crippen LogP contribution in [0.1, 0.15) is 29.2 Å². The second-order valence-electron chi connectivity index (χ2n) is 7.19. The highest BCUT2D eigenvalue weighted by atomic mass is 35.5. The highest BCUT2D eigenvalue weighted by Crippen LogP contribution is 2.41. The van der Waals surface area contributed by atoms with Gasteiger partial charge in [-0.2, -0.15) is 0 Å². The molecule has 1 aromatic carbocycles. The van der Waals surface area contributed by atoms with Gasteiger partial charge in [-0.25, -0.2) is 4.99 Å². The first-order chi connectivity index (χ1) is 12.3. The summed E-state index contributed by atoms with van der Waals surface area (Å²) in [7, 11) is 0. The lowest BCUT2D eigenvalue weighted by atomic mass is 9.75. The molecule has 3 aromatic rings. The van der Waals surface area contributed by atoms with Gasteiger partial charge in [-0.1, -0.05) is 12.1 Å². The first kappa shape index (κ1) is 20.2. The van der Waals surface area contributed by atoms with Crippen LogP contribution in [0.15, 0.2) is 46.9 Å². The topological polar surface area (TPSA) is 57.4 Å². The lowest BCUT2D eigenvalue weighted by molar-refractivity contribution is 0.0876. The molecule has 0 saturated carbocycles. The maximum atomic E-state index is 6.12. The van der Waals surface area contributed by atoms with E-state index in [-0.39, 0.29) is 24.8 Å². The van der Waals surface area contributed by atoms with Crippen molar-refractivity contribution in [2.75, 3.05) is 19.6 Å². The SMILES string of the molecule is Cl.Cl.NC(=Nc1ccc2c([C@H]3CN4CCC3CC4)c[nH]c2c1)c1cccs1. The summed E-state index contributed by atoms with van der Waals surface area (Å²) in [5.74, 6) is 2.09. The Morgan fingerprint density at radius 3 is 2.67 bits per heavy atom. The van der Waals surface area contributed by atoms with Crippen LogP contribution in [0.25, 0.3) is 10.9 Å². The van der Waals surface area contributed by atoms with Crippen LogP contribution in [0.2, 0.25) is 0 Å². The zero-order chi connectivity index (χ0) is 16.8. The van der Waals surface area contributed by atoms with E-state index in [0.717, 1.165) is 22.0 Å². The molecule has 1 atom stereocenters. The van der Waals surface area contributed by atoms with E-state index in [1.807, 2.05) is 17.5 Å². The lowest BCUT2D eigenvalue weighted by Crippen LogP contribution is -2.46. The zero-order valence-electron chi connectivity index (χ0n) is 14.9. The summed E-state index contributed by atoms with van der Waals surface area (Å²) in [6.07, 6.45) is 4.90. The molecule has 0 radical (unpaired) electrons. The molecule has 3 aliphatic heterocycles. The number of hydrogen-bond donors (Lipinski definition) is 2. The third-order valence-electron chi connectivity index (χ3n) is 5.78. The number of thiophene rings is 1. The largest absolute Gasteiger partial charge is 0.383 e. The highest BCUT2D eigenvalue weighted by molar-refractivity contribution is 7.12. The van der Waals surface area contributed by atoms with E-state index >= 15 is 0 Å². The number of amidine groups is 1. The van der Waals surface area contributed by atoms with E-state index < -0.39 is 0 Å². The van der Waals surface area contributed by atoms with Gasteiger partial charge in [-0.3, -0.25) is 0 Å². The molecule has 6 rings (SSSR count). The van der Waals surface area contributed by atoms with Gasteiger partial charge < -0.3 is 15.6 Å². The molecule has 2 aromatic heterocycles. The fourth-order valence-corrected chi connectivity index (χ4v) is 5.08. The Kier molecular flexibility index (Phi) is 6.16. The van der Waals surface area contributed by atoms with Crippen LogP contribution < -0.4 is 5.73 Å². The Morgan fingerprint density at radius 1 is 1.19 bits per heavy atom. The Labute approximate surface area is 175 Å². The van der Waals surface area contributed by atoms with Gasteiger partial charge in [0.1, 0.15) is 5.84 Å². The third kappa shape index (κ3) is 3.74. The van der Waals surface area contributed by atoms with Crippen molar-refractivity contribution < 1.29 is 0 Å². The van der Waals surface area contributed by atoms with Crippen LogP contribution in [0.5, 0.6) is 0 Å². The van der Waals surface area contributed by atoms with Crippen LogP contribution in [-0.4, -0.2) is 35.4 Å². The highest BCUT2D eigenvalue weighted by Gasteiger charge is 2.35. The monoisotopic (exact) mass is 422 g/mol. The number of nitrogens with two attached hydrogens (primary N) is 1. The van der Waals surface area contributed by atoms with Crippen molar-refractivity contribution >= 4 is 58.6 Å². The van der Waals surface area contributed by atoms with Gasteiger partial charge in [0.25, 0.3) is 0 Å². The molecule has 0 amide bonds. The number of fused-ring (bicyclic) bond motifs is 4. The van der Waals surface area contributed by atoms with Crippen LogP contribution in [0, 0.1) is 5.92 Å². The van der Waals surface area contributed by atoms with Crippen molar-refractivity contribution in [2.45, 2.75) is 18.8 Å². The summed E-state index contributed by atoms with van der Waals surface area (Å²) < 4.78 is 0. The minimum absolute atomic E-state index is 0. The number of nitrogens with zero attached hydrogens (tertiary/aromatic N) is 2. The molecular weight excluding hydrogens is 399 g/mol. The van der Waals surface area contributed by atoms with E-state index in [0.29, 0.717) is 11.8 Å². The summed E-state index contributed by atoms with van der Waals surface area (Å²) in [4.78, 5) is 11.7. The third-order valence-corrected chi connectivity index (χ3v) is 6.67. The molecule has 0 spiro atoms. The number of rotatable bonds is 3. The van der Waals surface area contributed by atoms with Crippen LogP contribution in [0.4, 0.5) is 5.69 Å². The first-order valence-corrected chi connectivity index (χ1v) is 9.87. The fraction of sp³-hybridized carbons (Fsp3) is 0.350. The second-order valence-corrected chi connectivity index (χ2v) is 8.14. The normalized spacial score (nSPS) is 24.4. The molecule has 4 nitrogen and oxygen atoms in total. The van der Waals surface area contributed by atoms with E-state index in [9.17, 15) is 0 Å². The van der Waals surface area contributed by atoms with Gasteiger partial charge >= 0.3 is 0 Å². The molecule has 3 aliphatic rings. The maximum absolute atomic E-state index is 6.12. The van der Waals surface area contributed by atoms with Gasteiger partial charge in [-0.05, 0) is 61.0 Å². The number of nitrogens with one attached hydrogen (secondary N) is 1. The molecule has 27 heavy (non-hydrogen) atoms. The van der Waals surface area contributed by atoms with E-state index in [2.05, 4.69) is 39.3 Å². The average molecular weight is 423 g/mol. The van der Waals surface area contributed by atoms with Crippen molar-refractivity contribution in [1.82, 2.24) is 9.88 Å². The summed E-state index contributed by atoms with van der Waals surface area (Å²) >= 11 is 1.62. The second kappa shape index (κ2) is 8.23. The van der Waals surface area contributed by atoms with Crippen LogP contribution in [-0.2, 0) is 0 Å². The summed E-state index contributed by atoms with van der Waals surface area (Å²) in [5, 5.41) is 3.36. The smallest absolute Gasteiger partial charge is 0.141 e. The molecule has 144 valence electrons. The van der Waals surface area contributed by atoms with Crippen molar-refractivity contribution in [3.8, 4) is 0 Å². The maximum Gasteiger partial charge on any atom is 0.141 e. The van der Waals surface area contributed by atoms with Gasteiger partial charge in [0.15, 0.2) is 0 Å². The van der Waals surface area contributed by atoms with Gasteiger partial charge in [0.05, 0.1) is 10.6 Å². The Bertz CT molecular complexity index is 927. The average Bonchev–Trinajstić information content (AvgIpc) is 3.32. The van der Waals surface area contributed by atoms with E-state index in [1.165, 1.54) is 43.4 Å². The molecule has 0 unspecified atom stereocenters. The van der Waals surface area contributed by atoms with Gasteiger partial charge in [-0.15, -0.1) is 36.2 Å². The van der Waals surface area contributed by atoms with E-state index in [1.54, 1.807) is 11.3 Å².